The van der Waals surface area contributed by atoms with Gasteiger partial charge in [-0.1, -0.05) is 18.2 Å². The highest BCUT2D eigenvalue weighted by Crippen LogP contribution is 2.29. The standard InChI is InChI=1S/C13H13NO3S/c1-17-10-6-3-2-5-9(10)14-12(13(15)16)11-7-4-8-18-11/h2-8,12,14H,1H3,(H,15,16)/p-1/t12-/m1/s1. The van der Waals surface area contributed by atoms with Crippen LogP contribution in [0.15, 0.2) is 41.8 Å². The lowest BCUT2D eigenvalue weighted by Gasteiger charge is -2.21. The molecule has 0 aliphatic rings. The van der Waals surface area contributed by atoms with E-state index >= 15 is 0 Å². The third-order valence-electron chi connectivity index (χ3n) is 2.47. The summed E-state index contributed by atoms with van der Waals surface area (Å²) in [5.41, 5.74) is 0.627. The molecule has 1 heterocycles. The molecule has 0 saturated carbocycles. The number of hydrogen-bond donors (Lipinski definition) is 1. The Labute approximate surface area is 109 Å². The molecule has 2 rings (SSSR count). The zero-order chi connectivity index (χ0) is 13.0. The van der Waals surface area contributed by atoms with Gasteiger partial charge in [-0.25, -0.2) is 0 Å². The van der Waals surface area contributed by atoms with Crippen molar-refractivity contribution in [2.24, 2.45) is 0 Å². The number of carboxylic acid groups (broad SMARTS) is 1. The molecular weight excluding hydrogens is 250 g/mol. The number of benzene rings is 1. The molecule has 94 valence electrons. The van der Waals surface area contributed by atoms with Gasteiger partial charge in [0, 0.05) is 4.88 Å². The van der Waals surface area contributed by atoms with Crippen molar-refractivity contribution in [1.29, 1.82) is 0 Å². The van der Waals surface area contributed by atoms with Crippen molar-refractivity contribution in [3.8, 4) is 5.75 Å². The van der Waals surface area contributed by atoms with Crippen LogP contribution in [0.1, 0.15) is 10.9 Å². The summed E-state index contributed by atoms with van der Waals surface area (Å²) in [4.78, 5) is 11.9. The molecule has 0 bridgehead atoms. The van der Waals surface area contributed by atoms with Crippen molar-refractivity contribution in [3.05, 3.63) is 46.7 Å². The van der Waals surface area contributed by atoms with E-state index in [-0.39, 0.29) is 0 Å². The Morgan fingerprint density at radius 1 is 1.33 bits per heavy atom. The van der Waals surface area contributed by atoms with Crippen molar-refractivity contribution >= 4 is 23.0 Å². The Bertz CT molecular complexity index is 525. The first kappa shape index (κ1) is 12.4. The van der Waals surface area contributed by atoms with Gasteiger partial charge in [0.25, 0.3) is 0 Å². The molecule has 0 fully saturated rings. The van der Waals surface area contributed by atoms with Crippen LogP contribution in [0.3, 0.4) is 0 Å². The highest BCUT2D eigenvalue weighted by Gasteiger charge is 2.15. The van der Waals surface area contributed by atoms with E-state index in [1.54, 1.807) is 31.4 Å². The van der Waals surface area contributed by atoms with Crippen LogP contribution in [0.2, 0.25) is 0 Å². The van der Waals surface area contributed by atoms with Gasteiger partial charge < -0.3 is 20.0 Å². The fraction of sp³-hybridized carbons (Fsp3) is 0.154. The number of ether oxygens (including phenoxy) is 1. The van der Waals surface area contributed by atoms with Gasteiger partial charge in [-0.05, 0) is 23.6 Å². The number of methoxy groups -OCH3 is 1. The van der Waals surface area contributed by atoms with E-state index in [0.29, 0.717) is 16.3 Å². The highest BCUT2D eigenvalue weighted by atomic mass is 32.1. The topological polar surface area (TPSA) is 61.4 Å². The number of aliphatic carboxylic acids is 1. The molecule has 0 saturated heterocycles. The monoisotopic (exact) mass is 262 g/mol. The summed E-state index contributed by atoms with van der Waals surface area (Å²) in [5.74, 6) is -0.566. The third-order valence-corrected chi connectivity index (χ3v) is 3.41. The molecule has 0 aliphatic carbocycles. The lowest BCUT2D eigenvalue weighted by atomic mass is 10.2. The molecule has 4 nitrogen and oxygen atoms in total. The van der Waals surface area contributed by atoms with Crippen LogP contribution in [-0.4, -0.2) is 13.1 Å². The van der Waals surface area contributed by atoms with Gasteiger partial charge in [0.15, 0.2) is 0 Å². The van der Waals surface area contributed by atoms with Crippen molar-refractivity contribution in [1.82, 2.24) is 0 Å². The first-order valence-electron chi connectivity index (χ1n) is 5.36. The van der Waals surface area contributed by atoms with Crippen molar-refractivity contribution in [3.63, 3.8) is 0 Å². The Morgan fingerprint density at radius 3 is 2.72 bits per heavy atom. The SMILES string of the molecule is COc1ccccc1N[C@@H](C(=O)[O-])c1cccs1. The number of thiophene rings is 1. The number of para-hydroxylation sites is 2. The minimum absolute atomic E-state index is 0.598. The summed E-state index contributed by atoms with van der Waals surface area (Å²) in [6.45, 7) is 0. The molecule has 0 amide bonds. The van der Waals surface area contributed by atoms with E-state index < -0.39 is 12.0 Å². The number of hydrogen-bond acceptors (Lipinski definition) is 5. The largest absolute Gasteiger partial charge is 0.547 e. The van der Waals surface area contributed by atoms with Crippen LogP contribution in [0.5, 0.6) is 5.75 Å². The number of carbonyl (C=O) groups is 1. The van der Waals surface area contributed by atoms with Crippen molar-refractivity contribution in [2.45, 2.75) is 6.04 Å². The van der Waals surface area contributed by atoms with E-state index in [1.165, 1.54) is 11.3 Å². The van der Waals surface area contributed by atoms with Crippen LogP contribution >= 0.6 is 11.3 Å². The van der Waals surface area contributed by atoms with Gasteiger partial charge >= 0.3 is 0 Å². The molecule has 1 aromatic carbocycles. The zero-order valence-electron chi connectivity index (χ0n) is 9.75. The van der Waals surface area contributed by atoms with Gasteiger partial charge in [0.1, 0.15) is 11.8 Å². The molecule has 0 aliphatic heterocycles. The molecule has 1 atom stereocenters. The molecule has 0 spiro atoms. The molecular formula is C13H12NO3S-. The second-order valence-corrected chi connectivity index (χ2v) is 4.59. The second-order valence-electron chi connectivity index (χ2n) is 3.61. The minimum atomic E-state index is -1.16. The molecule has 1 N–H and O–H groups in total. The maximum Gasteiger partial charge on any atom is 0.141 e. The number of anilines is 1. The Hall–Kier alpha value is -2.01. The smallest absolute Gasteiger partial charge is 0.141 e. The molecule has 0 radical (unpaired) electrons. The van der Waals surface area contributed by atoms with Crippen LogP contribution < -0.4 is 15.2 Å². The van der Waals surface area contributed by atoms with E-state index in [4.69, 9.17) is 4.74 Å². The maximum atomic E-state index is 11.2. The van der Waals surface area contributed by atoms with Crippen molar-refractivity contribution < 1.29 is 14.6 Å². The number of nitrogens with one attached hydrogen (secondary N) is 1. The predicted molar refractivity (Wildman–Crippen MR) is 68.7 cm³/mol. The van der Waals surface area contributed by atoms with Gasteiger partial charge in [-0.15, -0.1) is 11.3 Å². The van der Waals surface area contributed by atoms with E-state index in [0.717, 1.165) is 0 Å². The lowest BCUT2D eigenvalue weighted by molar-refractivity contribution is -0.307. The van der Waals surface area contributed by atoms with Crippen LogP contribution in [0.4, 0.5) is 5.69 Å². The summed E-state index contributed by atoms with van der Waals surface area (Å²) in [7, 11) is 1.54. The normalized spacial score (nSPS) is 11.8. The fourth-order valence-electron chi connectivity index (χ4n) is 1.62. The predicted octanol–water partition coefficient (Wildman–Crippen LogP) is 1.66. The molecule has 2 aromatic rings. The van der Waals surface area contributed by atoms with Crippen molar-refractivity contribution in [2.75, 3.05) is 12.4 Å². The van der Waals surface area contributed by atoms with Crippen LogP contribution in [-0.2, 0) is 4.79 Å². The molecule has 5 heteroatoms. The second kappa shape index (κ2) is 5.55. The van der Waals surface area contributed by atoms with Gasteiger partial charge in [0.05, 0.1) is 18.8 Å². The first-order chi connectivity index (χ1) is 8.72. The molecule has 1 aromatic heterocycles. The first-order valence-corrected chi connectivity index (χ1v) is 6.24. The lowest BCUT2D eigenvalue weighted by Crippen LogP contribution is -2.33. The van der Waals surface area contributed by atoms with Crippen LogP contribution in [0.25, 0.3) is 0 Å². The molecule has 18 heavy (non-hydrogen) atoms. The summed E-state index contributed by atoms with van der Waals surface area (Å²) in [6, 6.07) is 9.86. The third kappa shape index (κ3) is 2.62. The Balaban J connectivity index is 2.27. The summed E-state index contributed by atoms with van der Waals surface area (Å²) < 4.78 is 5.17. The average Bonchev–Trinajstić information content (AvgIpc) is 2.89. The fourth-order valence-corrected chi connectivity index (χ4v) is 2.38. The van der Waals surface area contributed by atoms with Gasteiger partial charge in [0.2, 0.25) is 0 Å². The maximum absolute atomic E-state index is 11.2. The van der Waals surface area contributed by atoms with Gasteiger partial charge in [-0.2, -0.15) is 0 Å². The minimum Gasteiger partial charge on any atom is -0.547 e. The van der Waals surface area contributed by atoms with Crippen LogP contribution in [0, 0.1) is 0 Å². The van der Waals surface area contributed by atoms with E-state index in [1.807, 2.05) is 17.5 Å². The van der Waals surface area contributed by atoms with E-state index in [2.05, 4.69) is 5.32 Å². The number of carboxylic acids is 1. The highest BCUT2D eigenvalue weighted by molar-refractivity contribution is 7.10. The number of rotatable bonds is 5. The average molecular weight is 262 g/mol. The Morgan fingerprint density at radius 2 is 2.11 bits per heavy atom. The summed E-state index contributed by atoms with van der Waals surface area (Å²) >= 11 is 1.37. The van der Waals surface area contributed by atoms with E-state index in [9.17, 15) is 9.90 Å². The van der Waals surface area contributed by atoms with Gasteiger partial charge in [-0.3, -0.25) is 0 Å². The summed E-state index contributed by atoms with van der Waals surface area (Å²) in [6.07, 6.45) is 0. The zero-order valence-corrected chi connectivity index (χ0v) is 10.6. The Kier molecular flexibility index (Phi) is 3.84. The number of carbonyl (C=O) groups excluding carboxylic acids is 1. The quantitative estimate of drug-likeness (QED) is 0.890. The molecule has 0 unspecified atom stereocenters. The summed E-state index contributed by atoms with van der Waals surface area (Å²) in [5, 5.41) is 15.9.